The number of anilines is 1. The molecule has 0 atom stereocenters. The van der Waals surface area contributed by atoms with Crippen molar-refractivity contribution in [3.05, 3.63) is 22.9 Å². The summed E-state index contributed by atoms with van der Waals surface area (Å²) in [5.41, 5.74) is 3.68. The van der Waals surface area contributed by atoms with Crippen molar-refractivity contribution in [3.63, 3.8) is 0 Å². The fourth-order valence-corrected chi connectivity index (χ4v) is 2.85. The van der Waals surface area contributed by atoms with Crippen LogP contribution in [0.1, 0.15) is 43.5 Å². The van der Waals surface area contributed by atoms with E-state index in [-0.39, 0.29) is 5.91 Å². The van der Waals surface area contributed by atoms with Crippen LogP contribution in [0.4, 0.5) is 5.82 Å². The third-order valence-electron chi connectivity index (χ3n) is 4.06. The first kappa shape index (κ1) is 14.8. The van der Waals surface area contributed by atoms with E-state index >= 15 is 0 Å². The average Bonchev–Trinajstić information content (AvgIpc) is 2.40. The number of carbonyl (C=O) groups is 1. The zero-order valence-corrected chi connectivity index (χ0v) is 13.2. The third kappa shape index (κ3) is 2.94. The summed E-state index contributed by atoms with van der Waals surface area (Å²) in [5.74, 6) is 1.75. The standard InChI is InChI=1S/C16H25N3O/c1-11(2)15-10-12(3)16(17-13(15)4)19-8-6-18(7-9-19)14(5)20/h10-11H,6-9H2,1-5H3. The van der Waals surface area contributed by atoms with Crippen LogP contribution in [0.15, 0.2) is 6.07 Å². The maximum absolute atomic E-state index is 11.4. The molecule has 0 aromatic carbocycles. The number of amides is 1. The van der Waals surface area contributed by atoms with Gasteiger partial charge in [-0.2, -0.15) is 0 Å². The molecule has 0 bridgehead atoms. The molecule has 1 amide bonds. The highest BCUT2D eigenvalue weighted by atomic mass is 16.2. The fourth-order valence-electron chi connectivity index (χ4n) is 2.85. The Bertz CT molecular complexity index is 503. The highest BCUT2D eigenvalue weighted by Gasteiger charge is 2.21. The molecule has 0 unspecified atom stereocenters. The molecule has 0 N–H and O–H groups in total. The average molecular weight is 275 g/mol. The lowest BCUT2D eigenvalue weighted by Crippen LogP contribution is -2.48. The SMILES string of the molecule is CC(=O)N1CCN(c2nc(C)c(C(C)C)cc2C)CC1. The van der Waals surface area contributed by atoms with Crippen LogP contribution in [0.3, 0.4) is 0 Å². The summed E-state index contributed by atoms with van der Waals surface area (Å²) in [6.07, 6.45) is 0. The zero-order valence-electron chi connectivity index (χ0n) is 13.2. The minimum Gasteiger partial charge on any atom is -0.353 e. The van der Waals surface area contributed by atoms with Crippen molar-refractivity contribution in [1.82, 2.24) is 9.88 Å². The van der Waals surface area contributed by atoms with Gasteiger partial charge in [0.15, 0.2) is 0 Å². The molecule has 1 aromatic heterocycles. The molecule has 4 heteroatoms. The van der Waals surface area contributed by atoms with Gasteiger partial charge in [0.05, 0.1) is 0 Å². The molecule has 0 aliphatic carbocycles. The zero-order chi connectivity index (χ0) is 14.9. The van der Waals surface area contributed by atoms with Gasteiger partial charge in [0.25, 0.3) is 0 Å². The smallest absolute Gasteiger partial charge is 0.219 e. The van der Waals surface area contributed by atoms with Gasteiger partial charge in [-0.3, -0.25) is 4.79 Å². The number of aromatic nitrogens is 1. The van der Waals surface area contributed by atoms with Gasteiger partial charge in [-0.15, -0.1) is 0 Å². The fraction of sp³-hybridized carbons (Fsp3) is 0.625. The molecule has 0 saturated carbocycles. The van der Waals surface area contributed by atoms with Gasteiger partial charge in [-0.1, -0.05) is 19.9 Å². The summed E-state index contributed by atoms with van der Waals surface area (Å²) >= 11 is 0. The van der Waals surface area contributed by atoms with Crippen LogP contribution in [0.25, 0.3) is 0 Å². The van der Waals surface area contributed by atoms with Gasteiger partial charge in [0, 0.05) is 38.8 Å². The molecule has 20 heavy (non-hydrogen) atoms. The van der Waals surface area contributed by atoms with Crippen molar-refractivity contribution in [1.29, 1.82) is 0 Å². The molecular formula is C16H25N3O. The quantitative estimate of drug-likeness (QED) is 0.832. The number of aryl methyl sites for hydroxylation is 2. The topological polar surface area (TPSA) is 36.4 Å². The van der Waals surface area contributed by atoms with E-state index in [2.05, 4.69) is 38.7 Å². The van der Waals surface area contributed by atoms with Gasteiger partial charge in [-0.25, -0.2) is 4.98 Å². The van der Waals surface area contributed by atoms with Crippen molar-refractivity contribution < 1.29 is 4.79 Å². The van der Waals surface area contributed by atoms with Crippen molar-refractivity contribution >= 4 is 11.7 Å². The van der Waals surface area contributed by atoms with E-state index in [0.29, 0.717) is 5.92 Å². The number of carbonyl (C=O) groups excluding carboxylic acids is 1. The molecule has 1 aliphatic heterocycles. The molecule has 0 spiro atoms. The van der Waals surface area contributed by atoms with E-state index in [9.17, 15) is 4.79 Å². The van der Waals surface area contributed by atoms with Gasteiger partial charge < -0.3 is 9.80 Å². The summed E-state index contributed by atoms with van der Waals surface area (Å²) in [7, 11) is 0. The first-order valence-corrected chi connectivity index (χ1v) is 7.38. The number of piperazine rings is 1. The second-order valence-electron chi connectivity index (χ2n) is 5.95. The van der Waals surface area contributed by atoms with Crippen LogP contribution in [0.2, 0.25) is 0 Å². The Morgan fingerprint density at radius 1 is 1.20 bits per heavy atom. The maximum Gasteiger partial charge on any atom is 0.219 e. The van der Waals surface area contributed by atoms with Crippen LogP contribution in [0.5, 0.6) is 0 Å². The maximum atomic E-state index is 11.4. The molecule has 2 rings (SSSR count). The minimum absolute atomic E-state index is 0.167. The Balaban J connectivity index is 2.18. The number of nitrogens with zero attached hydrogens (tertiary/aromatic N) is 3. The summed E-state index contributed by atoms with van der Waals surface area (Å²) in [6.45, 7) is 13.6. The Morgan fingerprint density at radius 3 is 2.30 bits per heavy atom. The summed E-state index contributed by atoms with van der Waals surface area (Å²) in [4.78, 5) is 20.4. The Morgan fingerprint density at radius 2 is 1.80 bits per heavy atom. The van der Waals surface area contributed by atoms with Crippen molar-refractivity contribution in [3.8, 4) is 0 Å². The van der Waals surface area contributed by atoms with Crippen molar-refractivity contribution in [2.75, 3.05) is 31.1 Å². The number of hydrogen-bond acceptors (Lipinski definition) is 3. The predicted molar refractivity (Wildman–Crippen MR) is 82.3 cm³/mol. The van der Waals surface area contributed by atoms with E-state index in [4.69, 9.17) is 4.98 Å². The van der Waals surface area contributed by atoms with Crippen LogP contribution < -0.4 is 4.90 Å². The predicted octanol–water partition coefficient (Wildman–Crippen LogP) is 2.49. The minimum atomic E-state index is 0.167. The monoisotopic (exact) mass is 275 g/mol. The van der Waals surface area contributed by atoms with Gasteiger partial charge >= 0.3 is 0 Å². The molecule has 0 radical (unpaired) electrons. The molecule has 1 aliphatic rings. The van der Waals surface area contributed by atoms with Crippen molar-refractivity contribution in [2.24, 2.45) is 0 Å². The van der Waals surface area contributed by atoms with E-state index in [1.165, 1.54) is 11.1 Å². The molecule has 4 nitrogen and oxygen atoms in total. The highest BCUT2D eigenvalue weighted by Crippen LogP contribution is 2.26. The first-order chi connectivity index (χ1) is 9.40. The number of hydrogen-bond donors (Lipinski definition) is 0. The van der Waals surface area contributed by atoms with Crippen LogP contribution >= 0.6 is 0 Å². The van der Waals surface area contributed by atoms with Crippen LogP contribution in [-0.4, -0.2) is 42.0 Å². The van der Waals surface area contributed by atoms with Crippen LogP contribution in [-0.2, 0) is 4.79 Å². The molecular weight excluding hydrogens is 250 g/mol. The number of rotatable bonds is 2. The van der Waals surface area contributed by atoms with Gasteiger partial charge in [0.2, 0.25) is 5.91 Å². The third-order valence-corrected chi connectivity index (χ3v) is 4.06. The van der Waals surface area contributed by atoms with Crippen LogP contribution in [0, 0.1) is 13.8 Å². The molecule has 2 heterocycles. The van der Waals surface area contributed by atoms with E-state index in [0.717, 1.165) is 37.7 Å². The van der Waals surface area contributed by atoms with Gasteiger partial charge in [0.1, 0.15) is 5.82 Å². The van der Waals surface area contributed by atoms with E-state index < -0.39 is 0 Å². The summed E-state index contributed by atoms with van der Waals surface area (Å²) in [5, 5.41) is 0. The Hall–Kier alpha value is -1.58. The van der Waals surface area contributed by atoms with Gasteiger partial charge in [-0.05, 0) is 30.9 Å². The summed E-state index contributed by atoms with van der Waals surface area (Å²) < 4.78 is 0. The highest BCUT2D eigenvalue weighted by molar-refractivity contribution is 5.73. The Labute approximate surface area is 121 Å². The lowest BCUT2D eigenvalue weighted by molar-refractivity contribution is -0.129. The summed E-state index contributed by atoms with van der Waals surface area (Å²) in [6, 6.07) is 2.26. The second kappa shape index (κ2) is 5.81. The lowest BCUT2D eigenvalue weighted by atomic mass is 10.00. The second-order valence-corrected chi connectivity index (χ2v) is 5.95. The normalized spacial score (nSPS) is 15.9. The van der Waals surface area contributed by atoms with E-state index in [1.807, 2.05) is 4.90 Å². The number of pyridine rings is 1. The lowest BCUT2D eigenvalue weighted by Gasteiger charge is -2.36. The van der Waals surface area contributed by atoms with E-state index in [1.54, 1.807) is 6.92 Å². The molecule has 1 fully saturated rings. The molecule has 1 aromatic rings. The first-order valence-electron chi connectivity index (χ1n) is 7.38. The Kier molecular flexibility index (Phi) is 4.31. The molecule has 110 valence electrons. The largest absolute Gasteiger partial charge is 0.353 e. The van der Waals surface area contributed by atoms with Crippen molar-refractivity contribution in [2.45, 2.75) is 40.5 Å². The molecule has 1 saturated heterocycles.